The van der Waals surface area contributed by atoms with Crippen molar-refractivity contribution in [2.45, 2.75) is 25.7 Å². The second-order valence-corrected chi connectivity index (χ2v) is 7.59. The molecule has 0 atom stereocenters. The predicted octanol–water partition coefficient (Wildman–Crippen LogP) is 6.25. The Labute approximate surface area is 185 Å². The summed E-state index contributed by atoms with van der Waals surface area (Å²) in [6.07, 6.45) is 4.11. The van der Waals surface area contributed by atoms with E-state index in [0.29, 0.717) is 0 Å². The van der Waals surface area contributed by atoms with Crippen molar-refractivity contribution in [1.82, 2.24) is 0 Å². The molecular weight excluding hydrogens is 379 g/mol. The standard InChI is InChI=1S/C28H26BO2/c1-3-7-23(8-4-1)11-13-25-15-19-27(20-16-25)30-29-31-28-21-17-26(18-22-28)14-12-24-9-5-2-6-10-24/h1-10,15-22H,11-14H2. The van der Waals surface area contributed by atoms with Crippen LogP contribution in [0.3, 0.4) is 0 Å². The molecule has 31 heavy (non-hydrogen) atoms. The number of rotatable bonds is 10. The van der Waals surface area contributed by atoms with Crippen LogP contribution in [-0.4, -0.2) is 7.69 Å². The summed E-state index contributed by atoms with van der Waals surface area (Å²) in [7, 11) is 1.39. The van der Waals surface area contributed by atoms with Gasteiger partial charge in [-0.15, -0.1) is 0 Å². The van der Waals surface area contributed by atoms with Crippen LogP contribution in [0.2, 0.25) is 0 Å². The molecule has 0 saturated heterocycles. The molecule has 0 heterocycles. The van der Waals surface area contributed by atoms with Gasteiger partial charge >= 0.3 is 7.69 Å². The van der Waals surface area contributed by atoms with Gasteiger partial charge in [0.2, 0.25) is 0 Å². The zero-order valence-corrected chi connectivity index (χ0v) is 17.6. The van der Waals surface area contributed by atoms with E-state index >= 15 is 0 Å². The van der Waals surface area contributed by atoms with Gasteiger partial charge < -0.3 is 9.31 Å². The Morgan fingerprint density at radius 1 is 0.387 bits per heavy atom. The van der Waals surface area contributed by atoms with Crippen molar-refractivity contribution in [2.24, 2.45) is 0 Å². The lowest BCUT2D eigenvalue weighted by molar-refractivity contribution is 0.459. The van der Waals surface area contributed by atoms with E-state index < -0.39 is 0 Å². The van der Waals surface area contributed by atoms with E-state index in [1.165, 1.54) is 29.9 Å². The molecule has 0 saturated carbocycles. The fraction of sp³-hybridized carbons (Fsp3) is 0.143. The molecule has 0 aliphatic carbocycles. The van der Waals surface area contributed by atoms with E-state index in [-0.39, 0.29) is 0 Å². The van der Waals surface area contributed by atoms with Gasteiger partial charge in [-0.1, -0.05) is 84.9 Å². The molecule has 0 aliphatic heterocycles. The molecule has 0 spiro atoms. The second-order valence-electron chi connectivity index (χ2n) is 7.59. The molecule has 4 rings (SSSR count). The summed E-state index contributed by atoms with van der Waals surface area (Å²) < 4.78 is 11.2. The summed E-state index contributed by atoms with van der Waals surface area (Å²) in [5.41, 5.74) is 5.30. The van der Waals surface area contributed by atoms with Crippen LogP contribution in [0.1, 0.15) is 22.3 Å². The van der Waals surface area contributed by atoms with Gasteiger partial charge in [-0.3, -0.25) is 0 Å². The molecule has 2 nitrogen and oxygen atoms in total. The predicted molar refractivity (Wildman–Crippen MR) is 128 cm³/mol. The van der Waals surface area contributed by atoms with Crippen LogP contribution >= 0.6 is 0 Å². The highest BCUT2D eigenvalue weighted by molar-refractivity contribution is 6.20. The van der Waals surface area contributed by atoms with Gasteiger partial charge in [0.1, 0.15) is 11.5 Å². The van der Waals surface area contributed by atoms with Crippen LogP contribution in [0, 0.1) is 0 Å². The summed E-state index contributed by atoms with van der Waals surface area (Å²) in [5, 5.41) is 0. The average molecular weight is 405 g/mol. The average Bonchev–Trinajstić information content (AvgIpc) is 2.84. The van der Waals surface area contributed by atoms with Crippen LogP contribution in [0.15, 0.2) is 109 Å². The minimum Gasteiger partial charge on any atom is -0.526 e. The van der Waals surface area contributed by atoms with Crippen molar-refractivity contribution in [1.29, 1.82) is 0 Å². The number of benzene rings is 4. The van der Waals surface area contributed by atoms with E-state index in [0.717, 1.165) is 37.2 Å². The molecule has 4 aromatic carbocycles. The number of aryl methyl sites for hydroxylation is 4. The largest absolute Gasteiger partial charge is 0.658 e. The van der Waals surface area contributed by atoms with Crippen LogP contribution in [-0.2, 0) is 25.7 Å². The molecule has 0 aliphatic rings. The molecule has 3 heteroatoms. The molecule has 0 amide bonds. The number of hydrogen-bond acceptors (Lipinski definition) is 2. The summed E-state index contributed by atoms with van der Waals surface area (Å²) >= 11 is 0. The maximum atomic E-state index is 5.62. The van der Waals surface area contributed by atoms with Crippen molar-refractivity contribution >= 4 is 7.69 Å². The minimum atomic E-state index is 0.767. The fourth-order valence-corrected chi connectivity index (χ4v) is 3.47. The van der Waals surface area contributed by atoms with E-state index in [2.05, 4.69) is 84.9 Å². The van der Waals surface area contributed by atoms with Gasteiger partial charge in [-0.25, -0.2) is 0 Å². The van der Waals surface area contributed by atoms with Gasteiger partial charge in [-0.05, 0) is 72.2 Å². The maximum absolute atomic E-state index is 5.62. The van der Waals surface area contributed by atoms with E-state index in [4.69, 9.17) is 9.31 Å². The van der Waals surface area contributed by atoms with Crippen LogP contribution in [0.5, 0.6) is 11.5 Å². The number of hydrogen-bond donors (Lipinski definition) is 0. The minimum absolute atomic E-state index is 0.767. The van der Waals surface area contributed by atoms with Gasteiger partial charge in [0.25, 0.3) is 0 Å². The molecule has 0 aromatic heterocycles. The summed E-state index contributed by atoms with van der Waals surface area (Å²) in [6.45, 7) is 0. The highest BCUT2D eigenvalue weighted by Gasteiger charge is 2.03. The second kappa shape index (κ2) is 11.1. The third kappa shape index (κ3) is 6.79. The third-order valence-corrected chi connectivity index (χ3v) is 5.31. The third-order valence-electron chi connectivity index (χ3n) is 5.31. The lowest BCUT2D eigenvalue weighted by Crippen LogP contribution is -2.10. The Morgan fingerprint density at radius 2 is 0.710 bits per heavy atom. The van der Waals surface area contributed by atoms with Crippen LogP contribution in [0.25, 0.3) is 0 Å². The zero-order valence-electron chi connectivity index (χ0n) is 17.6. The van der Waals surface area contributed by atoms with Crippen molar-refractivity contribution < 1.29 is 9.31 Å². The van der Waals surface area contributed by atoms with Gasteiger partial charge in [0.05, 0.1) is 0 Å². The van der Waals surface area contributed by atoms with E-state index in [1.807, 2.05) is 24.3 Å². The lowest BCUT2D eigenvalue weighted by Gasteiger charge is -2.08. The molecule has 4 aromatic rings. The van der Waals surface area contributed by atoms with Crippen LogP contribution < -0.4 is 9.31 Å². The molecule has 1 radical (unpaired) electrons. The Balaban J connectivity index is 1.18. The first-order valence-corrected chi connectivity index (χ1v) is 10.8. The summed E-state index contributed by atoms with van der Waals surface area (Å²) in [6, 6.07) is 37.4. The maximum Gasteiger partial charge on any atom is 0.658 e. The van der Waals surface area contributed by atoms with Gasteiger partial charge in [0.15, 0.2) is 0 Å². The molecule has 153 valence electrons. The lowest BCUT2D eigenvalue weighted by atomic mass is 10.0. The Hall–Kier alpha value is -3.46. The fourth-order valence-electron chi connectivity index (χ4n) is 3.47. The monoisotopic (exact) mass is 405 g/mol. The molecular formula is C28H26BO2. The highest BCUT2D eigenvalue weighted by atomic mass is 16.6. The smallest absolute Gasteiger partial charge is 0.526 e. The van der Waals surface area contributed by atoms with Crippen molar-refractivity contribution in [3.8, 4) is 11.5 Å². The van der Waals surface area contributed by atoms with Gasteiger partial charge in [-0.2, -0.15) is 0 Å². The molecule has 0 bridgehead atoms. The van der Waals surface area contributed by atoms with E-state index in [1.54, 1.807) is 0 Å². The Kier molecular flexibility index (Phi) is 7.43. The van der Waals surface area contributed by atoms with Crippen molar-refractivity contribution in [2.75, 3.05) is 0 Å². The first-order valence-electron chi connectivity index (χ1n) is 10.8. The molecule has 0 fully saturated rings. The molecule has 0 N–H and O–H groups in total. The summed E-state index contributed by atoms with van der Waals surface area (Å²) in [4.78, 5) is 0. The topological polar surface area (TPSA) is 18.5 Å². The van der Waals surface area contributed by atoms with Crippen LogP contribution in [0.4, 0.5) is 0 Å². The highest BCUT2D eigenvalue weighted by Crippen LogP contribution is 2.16. The summed E-state index contributed by atoms with van der Waals surface area (Å²) in [5.74, 6) is 1.53. The SMILES string of the molecule is [B](Oc1ccc(CCc2ccccc2)cc1)Oc1ccc(CCc2ccccc2)cc1. The van der Waals surface area contributed by atoms with Crippen molar-refractivity contribution in [3.05, 3.63) is 131 Å². The van der Waals surface area contributed by atoms with E-state index in [9.17, 15) is 0 Å². The quantitative estimate of drug-likeness (QED) is 0.291. The first kappa shape index (κ1) is 20.8. The normalized spacial score (nSPS) is 10.5. The van der Waals surface area contributed by atoms with Crippen molar-refractivity contribution in [3.63, 3.8) is 0 Å². The Bertz CT molecular complexity index is 943. The first-order chi connectivity index (χ1) is 15.3. The van der Waals surface area contributed by atoms with Gasteiger partial charge in [0, 0.05) is 0 Å². The zero-order chi connectivity index (χ0) is 21.1. The molecule has 0 unspecified atom stereocenters. The Morgan fingerprint density at radius 3 is 1.06 bits per heavy atom.